The maximum absolute atomic E-state index is 14.4. The Hall–Kier alpha value is -3.09. The van der Waals surface area contributed by atoms with E-state index in [9.17, 15) is 13.6 Å². The molecular weight excluding hydrogens is 468 g/mol. The fourth-order valence-corrected chi connectivity index (χ4v) is 5.56. The van der Waals surface area contributed by atoms with E-state index in [1.165, 1.54) is 35.4 Å². The lowest BCUT2D eigenvalue weighted by atomic mass is 9.87. The Morgan fingerprint density at radius 2 is 1.51 bits per heavy atom. The molecule has 3 aromatic carbocycles. The highest BCUT2D eigenvalue weighted by Gasteiger charge is 2.29. The van der Waals surface area contributed by atoms with E-state index >= 15 is 0 Å². The van der Waals surface area contributed by atoms with Gasteiger partial charge < -0.3 is 9.80 Å². The summed E-state index contributed by atoms with van der Waals surface area (Å²) in [5.74, 6) is -0.604. The van der Waals surface area contributed by atoms with E-state index in [1.54, 1.807) is 23.1 Å². The number of nitrogens with zero attached hydrogens (tertiary/aromatic N) is 3. The van der Waals surface area contributed by atoms with Crippen LogP contribution in [0, 0.1) is 18.6 Å². The Balaban J connectivity index is 1.22. The predicted molar refractivity (Wildman–Crippen MR) is 144 cm³/mol. The van der Waals surface area contributed by atoms with Crippen LogP contribution >= 0.6 is 0 Å². The van der Waals surface area contributed by atoms with Gasteiger partial charge in [0, 0.05) is 45.2 Å². The van der Waals surface area contributed by atoms with Crippen molar-refractivity contribution in [1.82, 2.24) is 9.80 Å². The smallest absolute Gasteiger partial charge is 0.241 e. The Labute approximate surface area is 218 Å². The third-order valence-corrected chi connectivity index (χ3v) is 7.77. The molecular formula is C31H35F2N3O. The first-order valence-corrected chi connectivity index (χ1v) is 13.3. The highest BCUT2D eigenvalue weighted by atomic mass is 19.1. The number of amides is 1. The summed E-state index contributed by atoms with van der Waals surface area (Å²) < 4.78 is 27.9. The Kier molecular flexibility index (Phi) is 7.96. The molecule has 1 amide bonds. The summed E-state index contributed by atoms with van der Waals surface area (Å²) in [5, 5.41) is 0. The molecule has 194 valence electrons. The Bertz CT molecular complexity index is 1200. The molecule has 1 fully saturated rings. The topological polar surface area (TPSA) is 26.8 Å². The van der Waals surface area contributed by atoms with Gasteiger partial charge in [-0.25, -0.2) is 8.78 Å². The molecule has 0 spiro atoms. The van der Waals surface area contributed by atoms with Crippen molar-refractivity contribution in [3.8, 4) is 0 Å². The van der Waals surface area contributed by atoms with Gasteiger partial charge in [0.25, 0.3) is 0 Å². The summed E-state index contributed by atoms with van der Waals surface area (Å²) in [6.45, 7) is 7.60. The number of rotatable bonds is 6. The van der Waals surface area contributed by atoms with Gasteiger partial charge >= 0.3 is 0 Å². The minimum atomic E-state index is -0.349. The summed E-state index contributed by atoms with van der Waals surface area (Å²) >= 11 is 0. The second-order valence-corrected chi connectivity index (χ2v) is 10.3. The van der Waals surface area contributed by atoms with Gasteiger partial charge in [-0.3, -0.25) is 9.69 Å². The number of hydrogen-bond donors (Lipinski definition) is 0. The highest BCUT2D eigenvalue weighted by Crippen LogP contribution is 2.39. The molecule has 1 saturated heterocycles. The molecule has 1 atom stereocenters. The molecule has 6 heteroatoms. The number of aryl methyl sites for hydroxylation is 1. The first-order chi connectivity index (χ1) is 18.0. The first kappa shape index (κ1) is 25.6. The lowest BCUT2D eigenvalue weighted by Gasteiger charge is -2.35. The number of carbonyl (C=O) groups excluding carboxylic acids is 1. The van der Waals surface area contributed by atoms with Crippen molar-refractivity contribution in [3.63, 3.8) is 0 Å². The largest absolute Gasteiger partial charge is 0.311 e. The van der Waals surface area contributed by atoms with Crippen LogP contribution < -0.4 is 4.90 Å². The van der Waals surface area contributed by atoms with Crippen molar-refractivity contribution in [1.29, 1.82) is 0 Å². The molecule has 0 aromatic heterocycles. The molecule has 0 aliphatic carbocycles. The van der Waals surface area contributed by atoms with E-state index in [2.05, 4.69) is 41.0 Å². The fraction of sp³-hybridized carbons (Fsp3) is 0.387. The van der Waals surface area contributed by atoms with E-state index in [-0.39, 0.29) is 23.5 Å². The quantitative estimate of drug-likeness (QED) is 0.451. The number of fused-ring (bicyclic) bond motifs is 1. The third-order valence-electron chi connectivity index (χ3n) is 7.77. The van der Waals surface area contributed by atoms with Crippen molar-refractivity contribution in [2.75, 3.05) is 50.7 Å². The molecule has 0 saturated carbocycles. The van der Waals surface area contributed by atoms with Crippen LogP contribution in [-0.4, -0.2) is 61.5 Å². The van der Waals surface area contributed by atoms with Crippen LogP contribution in [0.15, 0.2) is 66.7 Å². The van der Waals surface area contributed by atoms with E-state index in [4.69, 9.17) is 0 Å². The van der Waals surface area contributed by atoms with E-state index in [1.807, 2.05) is 0 Å². The van der Waals surface area contributed by atoms with Crippen LogP contribution in [0.4, 0.5) is 14.5 Å². The van der Waals surface area contributed by atoms with Gasteiger partial charge in [-0.15, -0.1) is 0 Å². The van der Waals surface area contributed by atoms with Crippen LogP contribution in [0.25, 0.3) is 0 Å². The van der Waals surface area contributed by atoms with Gasteiger partial charge in [-0.1, -0.05) is 48.0 Å². The number of anilines is 1. The van der Waals surface area contributed by atoms with Crippen molar-refractivity contribution in [2.45, 2.75) is 32.1 Å². The summed E-state index contributed by atoms with van der Waals surface area (Å²) in [4.78, 5) is 19.9. The highest BCUT2D eigenvalue weighted by molar-refractivity contribution is 5.96. The van der Waals surface area contributed by atoms with E-state index in [0.29, 0.717) is 18.8 Å². The first-order valence-electron chi connectivity index (χ1n) is 13.3. The van der Waals surface area contributed by atoms with Crippen LogP contribution in [0.5, 0.6) is 0 Å². The van der Waals surface area contributed by atoms with E-state index < -0.39 is 0 Å². The maximum Gasteiger partial charge on any atom is 0.241 e. The molecule has 37 heavy (non-hydrogen) atoms. The van der Waals surface area contributed by atoms with Crippen LogP contribution in [0.3, 0.4) is 0 Å². The minimum Gasteiger partial charge on any atom is -0.311 e. The second kappa shape index (κ2) is 11.5. The zero-order chi connectivity index (χ0) is 25.8. The zero-order valence-electron chi connectivity index (χ0n) is 21.5. The standard InChI is InChI=1S/C31H35F2N3O/c1-23-4-6-24(7-5-23)14-16-34-17-19-35(20-18-34)22-31(37)36-15-2-3-28(25-8-10-26(32)11-9-25)29-13-12-27(33)21-30(29)36/h4-13,21,28H,2-3,14-20,22H2,1H3. The van der Waals surface area contributed by atoms with E-state index in [0.717, 1.165) is 63.1 Å². The molecule has 5 rings (SSSR count). The predicted octanol–water partition coefficient (Wildman–Crippen LogP) is 5.39. The number of piperazine rings is 1. The fourth-order valence-electron chi connectivity index (χ4n) is 5.56. The summed E-state index contributed by atoms with van der Waals surface area (Å²) in [7, 11) is 0. The number of halogens is 2. The second-order valence-electron chi connectivity index (χ2n) is 10.3. The zero-order valence-corrected chi connectivity index (χ0v) is 21.5. The lowest BCUT2D eigenvalue weighted by Crippen LogP contribution is -2.50. The van der Waals surface area contributed by atoms with Gasteiger partial charge in [-0.2, -0.15) is 0 Å². The van der Waals surface area contributed by atoms with Gasteiger partial charge in [0.15, 0.2) is 0 Å². The third kappa shape index (κ3) is 6.25. The van der Waals surface area contributed by atoms with Crippen molar-refractivity contribution in [3.05, 3.63) is 101 Å². The molecule has 4 nitrogen and oxygen atoms in total. The molecule has 0 bridgehead atoms. The SMILES string of the molecule is Cc1ccc(CCN2CCN(CC(=O)N3CCCC(c4ccc(F)cc4)c4ccc(F)cc43)CC2)cc1. The summed E-state index contributed by atoms with van der Waals surface area (Å²) in [5.41, 5.74) is 5.20. The monoisotopic (exact) mass is 503 g/mol. The molecule has 1 unspecified atom stereocenters. The van der Waals surface area contributed by atoms with Crippen molar-refractivity contribution in [2.24, 2.45) is 0 Å². The van der Waals surface area contributed by atoms with Crippen LogP contribution in [0.2, 0.25) is 0 Å². The van der Waals surface area contributed by atoms with Crippen molar-refractivity contribution >= 4 is 11.6 Å². The van der Waals surface area contributed by atoms with Gasteiger partial charge in [0.2, 0.25) is 5.91 Å². The minimum absolute atomic E-state index is 0.00562. The summed E-state index contributed by atoms with van der Waals surface area (Å²) in [6.07, 6.45) is 2.66. The normalized spacial score (nSPS) is 18.9. The Morgan fingerprint density at radius 3 is 2.24 bits per heavy atom. The van der Waals surface area contributed by atoms with Gasteiger partial charge in [-0.05, 0) is 67.1 Å². The van der Waals surface area contributed by atoms with Gasteiger partial charge in [0.05, 0.1) is 12.2 Å². The number of carbonyl (C=O) groups is 1. The van der Waals surface area contributed by atoms with Crippen LogP contribution in [0.1, 0.15) is 41.0 Å². The Morgan fingerprint density at radius 1 is 0.838 bits per heavy atom. The maximum atomic E-state index is 14.4. The van der Waals surface area contributed by atoms with Crippen LogP contribution in [-0.2, 0) is 11.2 Å². The molecule has 0 N–H and O–H groups in total. The molecule has 2 aliphatic rings. The molecule has 3 aromatic rings. The average molecular weight is 504 g/mol. The molecule has 2 heterocycles. The molecule has 2 aliphatic heterocycles. The summed E-state index contributed by atoms with van der Waals surface area (Å²) in [6, 6.07) is 20.0. The molecule has 0 radical (unpaired) electrons. The lowest BCUT2D eigenvalue weighted by molar-refractivity contribution is -0.120. The number of benzene rings is 3. The average Bonchev–Trinajstić information content (AvgIpc) is 3.09. The van der Waals surface area contributed by atoms with Crippen molar-refractivity contribution < 1.29 is 13.6 Å². The number of hydrogen-bond acceptors (Lipinski definition) is 3. The van der Waals surface area contributed by atoms with Gasteiger partial charge in [0.1, 0.15) is 11.6 Å².